The number of hydrogen-bond donors (Lipinski definition) is 2. The molecule has 8 nitrogen and oxygen atoms in total. The summed E-state index contributed by atoms with van der Waals surface area (Å²) in [5.74, 6) is -1.00. The smallest absolute Gasteiger partial charge is 0.280 e. The van der Waals surface area contributed by atoms with E-state index in [0.717, 1.165) is 5.56 Å². The summed E-state index contributed by atoms with van der Waals surface area (Å²) in [6.45, 7) is 0. The summed E-state index contributed by atoms with van der Waals surface area (Å²) in [5.41, 5.74) is 12.2. The minimum atomic E-state index is -0.640. The van der Waals surface area contributed by atoms with Gasteiger partial charge in [-0.05, 0) is 12.1 Å². The number of pyridine rings is 1. The Morgan fingerprint density at radius 3 is 2.44 bits per heavy atom. The van der Waals surface area contributed by atoms with E-state index in [0.29, 0.717) is 16.6 Å². The van der Waals surface area contributed by atoms with Gasteiger partial charge >= 0.3 is 0 Å². The van der Waals surface area contributed by atoms with Crippen molar-refractivity contribution in [2.24, 2.45) is 16.5 Å². The number of non-ortho nitro benzene ring substituents is 1. The molecule has 0 aliphatic heterocycles. The first-order valence-corrected chi connectivity index (χ1v) is 7.24. The standard InChI is InChI=1S/C17H13N5O3/c18-17(19)21-16(23)13-9-14(10-4-2-1-3-5-10)20-15-8-11(22(24)25)6-7-12(13)15/h1-9H,(H4,18,19,21,23). The van der Waals surface area contributed by atoms with Crippen molar-refractivity contribution in [1.82, 2.24) is 4.98 Å². The van der Waals surface area contributed by atoms with Crippen LogP contribution in [0.5, 0.6) is 0 Å². The Bertz CT molecular complexity index is 1010. The molecule has 1 amide bonds. The van der Waals surface area contributed by atoms with E-state index in [4.69, 9.17) is 11.5 Å². The van der Waals surface area contributed by atoms with Crippen molar-refractivity contribution in [3.63, 3.8) is 0 Å². The van der Waals surface area contributed by atoms with E-state index in [1.807, 2.05) is 30.3 Å². The van der Waals surface area contributed by atoms with Gasteiger partial charge in [-0.15, -0.1) is 0 Å². The van der Waals surface area contributed by atoms with E-state index in [9.17, 15) is 14.9 Å². The second-order valence-electron chi connectivity index (χ2n) is 5.22. The van der Waals surface area contributed by atoms with Crippen LogP contribution in [0.3, 0.4) is 0 Å². The predicted octanol–water partition coefficient (Wildman–Crippen LogP) is 2.22. The Morgan fingerprint density at radius 2 is 1.80 bits per heavy atom. The Kier molecular flexibility index (Phi) is 4.09. The van der Waals surface area contributed by atoms with Gasteiger partial charge in [0.1, 0.15) is 0 Å². The van der Waals surface area contributed by atoms with Crippen LogP contribution in [-0.2, 0) is 0 Å². The minimum absolute atomic E-state index is 0.120. The zero-order valence-corrected chi connectivity index (χ0v) is 12.9. The molecule has 0 fully saturated rings. The monoisotopic (exact) mass is 335 g/mol. The maximum Gasteiger partial charge on any atom is 0.280 e. The first-order valence-electron chi connectivity index (χ1n) is 7.24. The van der Waals surface area contributed by atoms with Gasteiger partial charge in [-0.25, -0.2) is 4.98 Å². The molecule has 1 aromatic heterocycles. The molecule has 2 aromatic carbocycles. The average molecular weight is 335 g/mol. The Morgan fingerprint density at radius 1 is 1.08 bits per heavy atom. The molecule has 124 valence electrons. The van der Waals surface area contributed by atoms with Crippen molar-refractivity contribution in [3.8, 4) is 11.3 Å². The Balaban J connectivity index is 2.30. The average Bonchev–Trinajstić information content (AvgIpc) is 2.60. The van der Waals surface area contributed by atoms with Crippen molar-refractivity contribution in [2.75, 3.05) is 0 Å². The summed E-state index contributed by atoms with van der Waals surface area (Å²) in [6.07, 6.45) is 0. The lowest BCUT2D eigenvalue weighted by molar-refractivity contribution is -0.384. The number of nitrogens with zero attached hydrogens (tertiary/aromatic N) is 3. The van der Waals surface area contributed by atoms with Gasteiger partial charge in [-0.1, -0.05) is 30.3 Å². The molecule has 25 heavy (non-hydrogen) atoms. The second-order valence-corrected chi connectivity index (χ2v) is 5.22. The third-order valence-electron chi connectivity index (χ3n) is 3.53. The summed E-state index contributed by atoms with van der Waals surface area (Å²) in [4.78, 5) is 30.9. The number of guanidine groups is 1. The summed E-state index contributed by atoms with van der Waals surface area (Å²) in [7, 11) is 0. The van der Waals surface area contributed by atoms with Crippen LogP contribution in [0, 0.1) is 10.1 Å². The number of benzene rings is 2. The third kappa shape index (κ3) is 3.27. The number of hydrogen-bond acceptors (Lipinski definition) is 4. The summed E-state index contributed by atoms with van der Waals surface area (Å²) < 4.78 is 0. The number of fused-ring (bicyclic) bond motifs is 1. The molecule has 0 radical (unpaired) electrons. The molecule has 0 spiro atoms. The Hall–Kier alpha value is -3.81. The third-order valence-corrected chi connectivity index (χ3v) is 3.53. The molecule has 3 aromatic rings. The number of nitro benzene ring substituents is 1. The van der Waals surface area contributed by atoms with Crippen molar-refractivity contribution < 1.29 is 9.72 Å². The fourth-order valence-electron chi connectivity index (χ4n) is 2.44. The van der Waals surface area contributed by atoms with Gasteiger partial charge in [0.15, 0.2) is 5.96 Å². The number of nitro groups is 1. The summed E-state index contributed by atoms with van der Waals surface area (Å²) in [6, 6.07) is 14.8. The molecule has 0 bridgehead atoms. The van der Waals surface area contributed by atoms with Crippen LogP contribution >= 0.6 is 0 Å². The molecule has 0 atom stereocenters. The van der Waals surface area contributed by atoms with E-state index in [2.05, 4.69) is 9.98 Å². The lowest BCUT2D eigenvalue weighted by Crippen LogP contribution is -2.24. The van der Waals surface area contributed by atoms with Crippen molar-refractivity contribution in [2.45, 2.75) is 0 Å². The number of carbonyl (C=O) groups is 1. The number of aliphatic imine (C=N–C) groups is 1. The number of rotatable bonds is 3. The minimum Gasteiger partial charge on any atom is -0.370 e. The van der Waals surface area contributed by atoms with Crippen LogP contribution in [0.15, 0.2) is 59.6 Å². The molecule has 4 N–H and O–H groups in total. The van der Waals surface area contributed by atoms with Crippen molar-refractivity contribution >= 4 is 28.5 Å². The summed E-state index contributed by atoms with van der Waals surface area (Å²) >= 11 is 0. The molecule has 0 saturated heterocycles. The lowest BCUT2D eigenvalue weighted by Gasteiger charge is -2.08. The van der Waals surface area contributed by atoms with Gasteiger partial charge in [0.2, 0.25) is 0 Å². The van der Waals surface area contributed by atoms with E-state index in [-0.39, 0.29) is 17.2 Å². The maximum atomic E-state index is 12.4. The highest BCUT2D eigenvalue weighted by atomic mass is 16.6. The quantitative estimate of drug-likeness (QED) is 0.326. The number of aromatic nitrogens is 1. The highest BCUT2D eigenvalue weighted by Gasteiger charge is 2.16. The maximum absolute atomic E-state index is 12.4. The molecule has 3 rings (SSSR count). The van der Waals surface area contributed by atoms with E-state index < -0.39 is 10.8 Å². The highest BCUT2D eigenvalue weighted by Crippen LogP contribution is 2.28. The van der Waals surface area contributed by atoms with Crippen LogP contribution < -0.4 is 11.5 Å². The van der Waals surface area contributed by atoms with E-state index >= 15 is 0 Å². The van der Waals surface area contributed by atoms with Crippen molar-refractivity contribution in [3.05, 3.63) is 70.3 Å². The van der Waals surface area contributed by atoms with Gasteiger partial charge in [-0.3, -0.25) is 14.9 Å². The van der Waals surface area contributed by atoms with E-state index in [1.165, 1.54) is 18.2 Å². The Labute approximate surface area is 142 Å². The van der Waals surface area contributed by atoms with Crippen LogP contribution in [0.4, 0.5) is 5.69 Å². The zero-order valence-electron chi connectivity index (χ0n) is 12.9. The fourth-order valence-corrected chi connectivity index (χ4v) is 2.44. The molecule has 0 aliphatic rings. The molecule has 0 saturated carbocycles. The van der Waals surface area contributed by atoms with Crippen LogP contribution in [0.1, 0.15) is 10.4 Å². The van der Waals surface area contributed by atoms with Gasteiger partial charge in [0, 0.05) is 23.1 Å². The molecule has 0 aliphatic carbocycles. The molecule has 1 heterocycles. The lowest BCUT2D eigenvalue weighted by atomic mass is 10.0. The summed E-state index contributed by atoms with van der Waals surface area (Å²) in [5, 5.41) is 11.5. The second kappa shape index (κ2) is 6.36. The van der Waals surface area contributed by atoms with Crippen molar-refractivity contribution in [1.29, 1.82) is 0 Å². The first-order chi connectivity index (χ1) is 12.0. The normalized spacial score (nSPS) is 10.4. The number of nitrogens with two attached hydrogens (primary N) is 2. The molecular formula is C17H13N5O3. The zero-order chi connectivity index (χ0) is 18.0. The fraction of sp³-hybridized carbons (Fsp3) is 0. The largest absolute Gasteiger partial charge is 0.370 e. The van der Waals surface area contributed by atoms with E-state index in [1.54, 1.807) is 6.07 Å². The predicted molar refractivity (Wildman–Crippen MR) is 94.0 cm³/mol. The highest BCUT2D eigenvalue weighted by molar-refractivity contribution is 6.11. The SMILES string of the molecule is NC(N)=NC(=O)c1cc(-c2ccccc2)nc2cc([N+](=O)[O-])ccc12. The van der Waals surface area contributed by atoms with Gasteiger partial charge < -0.3 is 11.5 Å². The topological polar surface area (TPSA) is 138 Å². The number of amides is 1. The number of carbonyl (C=O) groups excluding carboxylic acids is 1. The van der Waals surface area contributed by atoms with Gasteiger partial charge in [0.25, 0.3) is 11.6 Å². The molecule has 0 unspecified atom stereocenters. The molecule has 8 heteroatoms. The van der Waals surface area contributed by atoms with Crippen LogP contribution in [0.25, 0.3) is 22.2 Å². The van der Waals surface area contributed by atoms with Crippen LogP contribution in [0.2, 0.25) is 0 Å². The van der Waals surface area contributed by atoms with Gasteiger partial charge in [0.05, 0.1) is 21.7 Å². The first kappa shape index (κ1) is 16.1. The van der Waals surface area contributed by atoms with Gasteiger partial charge in [-0.2, -0.15) is 4.99 Å². The molecular weight excluding hydrogens is 322 g/mol. The van der Waals surface area contributed by atoms with Crippen LogP contribution in [-0.4, -0.2) is 21.8 Å².